The Bertz CT molecular complexity index is 773. The van der Waals surface area contributed by atoms with E-state index in [0.29, 0.717) is 42.5 Å². The van der Waals surface area contributed by atoms with Crippen molar-refractivity contribution in [1.29, 1.82) is 0 Å². The standard InChI is InChI=1S/C18H20ClN3O5/c1-27-14-10-12(19)2-3-13(14)18(26)21-8-6-20(7-9-21)17(25)11-22-15(23)4-5-16(22)24/h2-3,10H,4-9,11H2,1H3. The highest BCUT2D eigenvalue weighted by Gasteiger charge is 2.33. The molecular formula is C18H20ClN3O5. The average Bonchev–Trinajstić information content (AvgIpc) is 2.99. The van der Waals surface area contributed by atoms with E-state index >= 15 is 0 Å². The van der Waals surface area contributed by atoms with Gasteiger partial charge in [-0.15, -0.1) is 0 Å². The highest BCUT2D eigenvalue weighted by atomic mass is 35.5. The Kier molecular flexibility index (Phi) is 5.65. The summed E-state index contributed by atoms with van der Waals surface area (Å²) < 4.78 is 5.23. The van der Waals surface area contributed by atoms with Crippen LogP contribution in [0, 0.1) is 0 Å². The van der Waals surface area contributed by atoms with Gasteiger partial charge in [-0.1, -0.05) is 11.6 Å². The van der Waals surface area contributed by atoms with Gasteiger partial charge in [-0.05, 0) is 18.2 Å². The number of carbonyl (C=O) groups is 4. The van der Waals surface area contributed by atoms with E-state index < -0.39 is 0 Å². The van der Waals surface area contributed by atoms with Crippen LogP contribution in [0.5, 0.6) is 5.75 Å². The monoisotopic (exact) mass is 393 g/mol. The van der Waals surface area contributed by atoms with Crippen molar-refractivity contribution in [3.05, 3.63) is 28.8 Å². The summed E-state index contributed by atoms with van der Waals surface area (Å²) >= 11 is 5.93. The number of halogens is 1. The Labute approximate surface area is 161 Å². The van der Waals surface area contributed by atoms with Crippen molar-refractivity contribution in [2.75, 3.05) is 39.8 Å². The average molecular weight is 394 g/mol. The molecule has 9 heteroatoms. The number of rotatable bonds is 4. The molecule has 2 aliphatic heterocycles. The molecule has 0 atom stereocenters. The molecule has 0 N–H and O–H groups in total. The number of hydrogen-bond acceptors (Lipinski definition) is 5. The smallest absolute Gasteiger partial charge is 0.257 e. The Morgan fingerprint density at radius 1 is 1.04 bits per heavy atom. The predicted molar refractivity (Wildman–Crippen MR) is 96.4 cm³/mol. The normalized spacial score (nSPS) is 17.5. The molecule has 0 bridgehead atoms. The summed E-state index contributed by atoms with van der Waals surface area (Å²) in [5, 5.41) is 0.477. The second kappa shape index (κ2) is 7.96. The highest BCUT2D eigenvalue weighted by Crippen LogP contribution is 2.25. The van der Waals surface area contributed by atoms with E-state index in [4.69, 9.17) is 16.3 Å². The van der Waals surface area contributed by atoms with E-state index in [1.807, 2.05) is 0 Å². The van der Waals surface area contributed by atoms with E-state index in [1.54, 1.807) is 28.0 Å². The maximum Gasteiger partial charge on any atom is 0.257 e. The molecule has 0 aliphatic carbocycles. The van der Waals surface area contributed by atoms with Crippen molar-refractivity contribution in [2.24, 2.45) is 0 Å². The van der Waals surface area contributed by atoms with Crippen molar-refractivity contribution in [1.82, 2.24) is 14.7 Å². The van der Waals surface area contributed by atoms with Gasteiger partial charge in [-0.3, -0.25) is 24.1 Å². The summed E-state index contributed by atoms with van der Waals surface area (Å²) in [6, 6.07) is 4.82. The van der Waals surface area contributed by atoms with Gasteiger partial charge in [0.25, 0.3) is 5.91 Å². The molecule has 144 valence electrons. The summed E-state index contributed by atoms with van der Waals surface area (Å²) in [5.41, 5.74) is 0.412. The first-order valence-electron chi connectivity index (χ1n) is 8.64. The van der Waals surface area contributed by atoms with E-state index in [0.717, 1.165) is 4.90 Å². The lowest BCUT2D eigenvalue weighted by molar-refractivity contribution is -0.146. The van der Waals surface area contributed by atoms with E-state index in [2.05, 4.69) is 0 Å². The largest absolute Gasteiger partial charge is 0.496 e. The minimum atomic E-state index is -0.308. The van der Waals surface area contributed by atoms with Crippen molar-refractivity contribution in [3.8, 4) is 5.75 Å². The van der Waals surface area contributed by atoms with E-state index in [1.165, 1.54) is 7.11 Å². The molecule has 1 aromatic rings. The van der Waals surface area contributed by atoms with Gasteiger partial charge in [0.15, 0.2) is 0 Å². The Morgan fingerprint density at radius 2 is 1.63 bits per heavy atom. The van der Waals surface area contributed by atoms with E-state index in [-0.39, 0.29) is 43.0 Å². The molecule has 27 heavy (non-hydrogen) atoms. The maximum atomic E-state index is 12.7. The van der Waals surface area contributed by atoms with Crippen molar-refractivity contribution in [2.45, 2.75) is 12.8 Å². The fraction of sp³-hybridized carbons (Fsp3) is 0.444. The number of ether oxygens (including phenoxy) is 1. The Morgan fingerprint density at radius 3 is 2.22 bits per heavy atom. The van der Waals surface area contributed by atoms with Crippen molar-refractivity contribution >= 4 is 35.2 Å². The fourth-order valence-corrected chi connectivity index (χ4v) is 3.37. The molecule has 2 aliphatic rings. The van der Waals surface area contributed by atoms with Gasteiger partial charge in [0, 0.05) is 44.0 Å². The molecule has 0 aromatic heterocycles. The number of likely N-dealkylation sites (tertiary alicyclic amines) is 1. The second-order valence-corrected chi connectivity index (χ2v) is 6.83. The molecule has 0 spiro atoms. The third kappa shape index (κ3) is 4.05. The van der Waals surface area contributed by atoms with Gasteiger partial charge < -0.3 is 14.5 Å². The minimum absolute atomic E-state index is 0.164. The zero-order valence-corrected chi connectivity index (χ0v) is 15.7. The first-order chi connectivity index (χ1) is 12.9. The lowest BCUT2D eigenvalue weighted by atomic mass is 10.1. The van der Waals surface area contributed by atoms with Crippen LogP contribution in [0.3, 0.4) is 0 Å². The minimum Gasteiger partial charge on any atom is -0.496 e. The number of amides is 4. The van der Waals surface area contributed by atoms with Gasteiger partial charge in [-0.2, -0.15) is 0 Å². The molecule has 4 amide bonds. The first-order valence-corrected chi connectivity index (χ1v) is 9.02. The molecule has 3 rings (SSSR count). The maximum absolute atomic E-state index is 12.7. The lowest BCUT2D eigenvalue weighted by Crippen LogP contribution is -2.53. The SMILES string of the molecule is COc1cc(Cl)ccc1C(=O)N1CCN(C(=O)CN2C(=O)CCC2=O)CC1. The molecule has 0 unspecified atom stereocenters. The summed E-state index contributed by atoms with van der Waals surface area (Å²) in [5.74, 6) is -0.693. The summed E-state index contributed by atoms with van der Waals surface area (Å²) in [4.78, 5) is 52.6. The summed E-state index contributed by atoms with van der Waals surface area (Å²) in [6.45, 7) is 1.18. The van der Waals surface area contributed by atoms with Crippen molar-refractivity contribution in [3.63, 3.8) is 0 Å². The molecule has 0 radical (unpaired) electrons. The van der Waals surface area contributed by atoms with Crippen LogP contribution in [0.2, 0.25) is 5.02 Å². The Hall–Kier alpha value is -2.61. The topological polar surface area (TPSA) is 87.2 Å². The van der Waals surface area contributed by atoms with Gasteiger partial charge in [0.1, 0.15) is 12.3 Å². The predicted octanol–water partition coefficient (Wildman–Crippen LogP) is 0.782. The zero-order valence-electron chi connectivity index (χ0n) is 14.9. The van der Waals surface area contributed by atoms with Gasteiger partial charge in [0.05, 0.1) is 12.7 Å². The molecule has 2 saturated heterocycles. The molecule has 0 saturated carbocycles. The Balaban J connectivity index is 1.58. The van der Waals surface area contributed by atoms with Crippen LogP contribution in [0.4, 0.5) is 0 Å². The third-order valence-corrected chi connectivity index (χ3v) is 5.00. The number of imide groups is 1. The van der Waals surface area contributed by atoms with Crippen molar-refractivity contribution < 1.29 is 23.9 Å². The third-order valence-electron chi connectivity index (χ3n) is 4.76. The fourth-order valence-electron chi connectivity index (χ4n) is 3.21. The lowest BCUT2D eigenvalue weighted by Gasteiger charge is -2.35. The molecule has 1 aromatic carbocycles. The second-order valence-electron chi connectivity index (χ2n) is 6.39. The number of benzene rings is 1. The summed E-state index contributed by atoms with van der Waals surface area (Å²) in [7, 11) is 1.47. The molecule has 2 fully saturated rings. The van der Waals surface area contributed by atoms with Crippen LogP contribution in [-0.2, 0) is 14.4 Å². The van der Waals surface area contributed by atoms with Gasteiger partial charge >= 0.3 is 0 Å². The van der Waals surface area contributed by atoms with Crippen LogP contribution in [0.25, 0.3) is 0 Å². The zero-order chi connectivity index (χ0) is 19.6. The number of methoxy groups -OCH3 is 1. The number of carbonyl (C=O) groups excluding carboxylic acids is 4. The van der Waals surface area contributed by atoms with Gasteiger partial charge in [0.2, 0.25) is 17.7 Å². The van der Waals surface area contributed by atoms with E-state index in [9.17, 15) is 19.2 Å². The highest BCUT2D eigenvalue weighted by molar-refractivity contribution is 6.30. The first kappa shape index (κ1) is 19.2. The summed E-state index contributed by atoms with van der Waals surface area (Å²) in [6.07, 6.45) is 0.328. The van der Waals surface area contributed by atoms with Gasteiger partial charge in [-0.25, -0.2) is 0 Å². The van der Waals surface area contributed by atoms with Crippen LogP contribution in [0.1, 0.15) is 23.2 Å². The molecule has 8 nitrogen and oxygen atoms in total. The quantitative estimate of drug-likeness (QED) is 0.705. The van der Waals surface area contributed by atoms with Crippen LogP contribution in [0.15, 0.2) is 18.2 Å². The number of piperazine rings is 1. The van der Waals surface area contributed by atoms with Crippen LogP contribution >= 0.6 is 11.6 Å². The number of hydrogen-bond donors (Lipinski definition) is 0. The number of nitrogens with zero attached hydrogens (tertiary/aromatic N) is 3. The van der Waals surface area contributed by atoms with Crippen LogP contribution in [-0.4, -0.2) is 78.2 Å². The molecule has 2 heterocycles. The van der Waals surface area contributed by atoms with Crippen LogP contribution < -0.4 is 4.74 Å². The molecular weight excluding hydrogens is 374 g/mol.